The third-order valence-electron chi connectivity index (χ3n) is 4.02. The van der Waals surface area contributed by atoms with Crippen LogP contribution in [0, 0.1) is 0 Å². The lowest BCUT2D eigenvalue weighted by atomic mass is 9.88. The van der Waals surface area contributed by atoms with Crippen molar-refractivity contribution in [3.63, 3.8) is 0 Å². The quantitative estimate of drug-likeness (QED) is 0.600. The van der Waals surface area contributed by atoms with Crippen molar-refractivity contribution >= 4 is 0 Å². The molecule has 4 rings (SSSR count). The third kappa shape index (κ3) is 1.83. The first-order valence-corrected chi connectivity index (χ1v) is 6.96. The van der Waals surface area contributed by atoms with Gasteiger partial charge in [-0.05, 0) is 54.8 Å². The highest BCUT2D eigenvalue weighted by Gasteiger charge is 2.26. The van der Waals surface area contributed by atoms with Crippen LogP contribution in [0.4, 0.5) is 0 Å². The van der Waals surface area contributed by atoms with Crippen LogP contribution >= 0.6 is 0 Å². The second-order valence-corrected chi connectivity index (χ2v) is 5.38. The van der Waals surface area contributed by atoms with E-state index >= 15 is 0 Å². The Hall–Kier alpha value is -2.95. The molecule has 1 aromatic heterocycles. The Morgan fingerprint density at radius 3 is 2.41 bits per heavy atom. The molecule has 1 aliphatic carbocycles. The van der Waals surface area contributed by atoms with Gasteiger partial charge in [-0.1, -0.05) is 5.16 Å². The van der Waals surface area contributed by atoms with Gasteiger partial charge in [-0.15, -0.1) is 0 Å². The molecule has 0 unspecified atom stereocenters. The van der Waals surface area contributed by atoms with E-state index in [1.807, 2.05) is 0 Å². The summed E-state index contributed by atoms with van der Waals surface area (Å²) in [6.07, 6.45) is 1.48. The molecule has 3 aromatic rings. The molecule has 22 heavy (non-hydrogen) atoms. The van der Waals surface area contributed by atoms with Gasteiger partial charge in [0.05, 0.1) is 0 Å². The van der Waals surface area contributed by atoms with Crippen molar-refractivity contribution in [1.29, 1.82) is 0 Å². The molecule has 0 bridgehead atoms. The predicted molar refractivity (Wildman–Crippen MR) is 79.8 cm³/mol. The lowest BCUT2D eigenvalue weighted by Gasteiger charge is -2.15. The molecule has 5 nitrogen and oxygen atoms in total. The molecule has 0 radical (unpaired) electrons. The zero-order chi connectivity index (χ0) is 15.3. The van der Waals surface area contributed by atoms with Crippen molar-refractivity contribution in [1.82, 2.24) is 5.16 Å². The second-order valence-electron chi connectivity index (χ2n) is 5.38. The van der Waals surface area contributed by atoms with Gasteiger partial charge in [0, 0.05) is 16.7 Å². The highest BCUT2D eigenvalue weighted by Crippen LogP contribution is 2.42. The van der Waals surface area contributed by atoms with E-state index in [0.717, 1.165) is 40.8 Å². The molecule has 2 aromatic carbocycles. The summed E-state index contributed by atoms with van der Waals surface area (Å²) in [6, 6.07) is 9.87. The Balaban J connectivity index is 1.87. The summed E-state index contributed by atoms with van der Waals surface area (Å²) in [5.41, 5.74) is 4.27. The molecule has 0 fully saturated rings. The number of benzene rings is 2. The molecule has 1 heterocycles. The van der Waals surface area contributed by atoms with Crippen LogP contribution in [0.25, 0.3) is 22.6 Å². The predicted octanol–water partition coefficient (Wildman–Crippen LogP) is 3.22. The molecular formula is C17H13NO4. The van der Waals surface area contributed by atoms with Crippen LogP contribution in [0.3, 0.4) is 0 Å². The number of aryl methyl sites for hydroxylation is 1. The van der Waals surface area contributed by atoms with E-state index in [1.165, 1.54) is 6.07 Å². The average molecular weight is 295 g/mol. The highest BCUT2D eigenvalue weighted by molar-refractivity contribution is 5.78. The Morgan fingerprint density at radius 1 is 0.909 bits per heavy atom. The summed E-state index contributed by atoms with van der Waals surface area (Å²) in [4.78, 5) is 0. The summed E-state index contributed by atoms with van der Waals surface area (Å²) in [5.74, 6) is 0.529. The van der Waals surface area contributed by atoms with Gasteiger partial charge in [0.2, 0.25) is 0 Å². The van der Waals surface area contributed by atoms with E-state index < -0.39 is 0 Å². The summed E-state index contributed by atoms with van der Waals surface area (Å²) >= 11 is 0. The largest absolute Gasteiger partial charge is 0.508 e. The van der Waals surface area contributed by atoms with E-state index in [2.05, 4.69) is 5.16 Å². The molecule has 3 N–H and O–H groups in total. The molecule has 0 amide bonds. The maximum Gasteiger partial charge on any atom is 0.171 e. The molecule has 0 aliphatic heterocycles. The number of rotatable bonds is 1. The number of aromatic nitrogens is 1. The fourth-order valence-electron chi connectivity index (χ4n) is 2.90. The fraction of sp³-hybridized carbons (Fsp3) is 0.118. The molecule has 0 saturated carbocycles. The summed E-state index contributed by atoms with van der Waals surface area (Å²) < 4.78 is 5.49. The van der Waals surface area contributed by atoms with Crippen LogP contribution in [-0.4, -0.2) is 20.5 Å². The molecule has 0 atom stereocenters. The third-order valence-corrected chi connectivity index (χ3v) is 4.02. The Labute approximate surface area is 126 Å². The molecule has 0 spiro atoms. The first-order chi connectivity index (χ1) is 10.6. The summed E-state index contributed by atoms with van der Waals surface area (Å²) in [6.45, 7) is 0. The normalized spacial score (nSPS) is 12.7. The lowest BCUT2D eigenvalue weighted by Crippen LogP contribution is -2.02. The van der Waals surface area contributed by atoms with E-state index in [0.29, 0.717) is 5.76 Å². The number of phenolic OH excluding ortho intramolecular Hbond substituents is 3. The van der Waals surface area contributed by atoms with Gasteiger partial charge in [-0.2, -0.15) is 0 Å². The van der Waals surface area contributed by atoms with Gasteiger partial charge in [0.25, 0.3) is 0 Å². The van der Waals surface area contributed by atoms with E-state index in [4.69, 9.17) is 4.52 Å². The van der Waals surface area contributed by atoms with E-state index in [-0.39, 0.29) is 17.2 Å². The maximum atomic E-state index is 9.72. The Bertz CT molecular complexity index is 865. The minimum Gasteiger partial charge on any atom is -0.508 e. The van der Waals surface area contributed by atoms with Crippen LogP contribution in [0.15, 0.2) is 40.9 Å². The smallest absolute Gasteiger partial charge is 0.171 e. The summed E-state index contributed by atoms with van der Waals surface area (Å²) in [5, 5.41) is 32.9. The number of hydrogen-bond donors (Lipinski definition) is 3. The van der Waals surface area contributed by atoms with E-state index in [1.54, 1.807) is 30.3 Å². The van der Waals surface area contributed by atoms with Gasteiger partial charge in [-0.25, -0.2) is 0 Å². The number of phenols is 3. The number of aromatic hydroxyl groups is 3. The van der Waals surface area contributed by atoms with Gasteiger partial charge < -0.3 is 19.8 Å². The molecule has 1 aliphatic rings. The molecule has 5 heteroatoms. The second kappa shape index (κ2) is 4.53. The first kappa shape index (κ1) is 12.8. The summed E-state index contributed by atoms with van der Waals surface area (Å²) in [7, 11) is 0. The monoisotopic (exact) mass is 295 g/mol. The van der Waals surface area contributed by atoms with Crippen molar-refractivity contribution < 1.29 is 19.8 Å². The number of fused-ring (bicyclic) bond motifs is 3. The minimum atomic E-state index is -0.172. The van der Waals surface area contributed by atoms with Gasteiger partial charge in [0.15, 0.2) is 17.3 Å². The van der Waals surface area contributed by atoms with Crippen molar-refractivity contribution in [2.24, 2.45) is 0 Å². The average Bonchev–Trinajstić information content (AvgIpc) is 2.94. The number of hydrogen-bond acceptors (Lipinski definition) is 5. The van der Waals surface area contributed by atoms with E-state index in [9.17, 15) is 15.3 Å². The van der Waals surface area contributed by atoms with Crippen molar-refractivity contribution in [3.8, 4) is 39.8 Å². The van der Waals surface area contributed by atoms with Crippen molar-refractivity contribution in [2.75, 3.05) is 0 Å². The maximum absolute atomic E-state index is 9.72. The van der Waals surface area contributed by atoms with Gasteiger partial charge in [0.1, 0.15) is 11.4 Å². The van der Waals surface area contributed by atoms with Crippen LogP contribution in [0.2, 0.25) is 0 Å². The number of nitrogens with zero attached hydrogens (tertiary/aromatic N) is 1. The topological polar surface area (TPSA) is 86.7 Å². The van der Waals surface area contributed by atoms with Crippen LogP contribution in [0.5, 0.6) is 17.2 Å². The van der Waals surface area contributed by atoms with Gasteiger partial charge >= 0.3 is 0 Å². The Kier molecular flexibility index (Phi) is 2.63. The van der Waals surface area contributed by atoms with Crippen molar-refractivity contribution in [2.45, 2.75) is 12.8 Å². The minimum absolute atomic E-state index is 0.125. The lowest BCUT2D eigenvalue weighted by molar-refractivity contribution is 0.401. The van der Waals surface area contributed by atoms with Crippen LogP contribution in [0.1, 0.15) is 11.1 Å². The fourth-order valence-corrected chi connectivity index (χ4v) is 2.90. The SMILES string of the molecule is Oc1ccc(-c2noc3c2CCc2cc(O)c(O)cc2-3)cc1. The Morgan fingerprint density at radius 2 is 1.64 bits per heavy atom. The molecular weight excluding hydrogens is 282 g/mol. The van der Waals surface area contributed by atoms with Crippen LogP contribution in [-0.2, 0) is 12.8 Å². The molecule has 110 valence electrons. The van der Waals surface area contributed by atoms with Crippen LogP contribution < -0.4 is 0 Å². The first-order valence-electron chi connectivity index (χ1n) is 6.96. The molecule has 0 saturated heterocycles. The zero-order valence-corrected chi connectivity index (χ0v) is 11.6. The van der Waals surface area contributed by atoms with Crippen molar-refractivity contribution in [3.05, 3.63) is 47.5 Å². The highest BCUT2D eigenvalue weighted by atomic mass is 16.5. The van der Waals surface area contributed by atoms with Gasteiger partial charge in [-0.3, -0.25) is 0 Å². The standard InChI is InChI=1S/C17H13NO4/c19-11-4-1-9(2-5-11)16-12-6-3-10-7-14(20)15(21)8-13(10)17(12)22-18-16/h1-2,4-5,7-8,19-21H,3,6H2. The zero-order valence-electron chi connectivity index (χ0n) is 11.6.